The summed E-state index contributed by atoms with van der Waals surface area (Å²) in [6.45, 7) is 0.0598. The van der Waals surface area contributed by atoms with E-state index in [-0.39, 0.29) is 33.3 Å². The van der Waals surface area contributed by atoms with Crippen LogP contribution in [0.4, 0.5) is 5.82 Å². The van der Waals surface area contributed by atoms with Crippen LogP contribution in [0.5, 0.6) is 0 Å². The second kappa shape index (κ2) is 8.10. The third-order valence-electron chi connectivity index (χ3n) is 3.62. The lowest BCUT2D eigenvalue weighted by Gasteiger charge is -2.13. The average Bonchev–Trinajstić information content (AvgIpc) is 2.63. The van der Waals surface area contributed by atoms with Gasteiger partial charge in [0.05, 0.1) is 21.7 Å². The van der Waals surface area contributed by atoms with Crippen molar-refractivity contribution < 1.29 is 9.52 Å². The van der Waals surface area contributed by atoms with Gasteiger partial charge in [0.2, 0.25) is 5.82 Å². The van der Waals surface area contributed by atoms with Crippen LogP contribution in [0.15, 0.2) is 57.7 Å². The summed E-state index contributed by atoms with van der Waals surface area (Å²) < 4.78 is 5.26. The van der Waals surface area contributed by atoms with Crippen molar-refractivity contribution in [1.82, 2.24) is 4.98 Å². The van der Waals surface area contributed by atoms with Gasteiger partial charge in [-0.25, -0.2) is 9.78 Å². The number of anilines is 1. The molecule has 0 fully saturated rings. The summed E-state index contributed by atoms with van der Waals surface area (Å²) in [6.07, 6.45) is -0.825. The van der Waals surface area contributed by atoms with Crippen LogP contribution in [-0.4, -0.2) is 16.6 Å². The van der Waals surface area contributed by atoms with Crippen molar-refractivity contribution in [2.45, 2.75) is 6.10 Å². The first-order valence-corrected chi connectivity index (χ1v) is 8.72. The van der Waals surface area contributed by atoms with E-state index in [1.54, 1.807) is 30.3 Å². The van der Waals surface area contributed by atoms with Crippen LogP contribution in [0.25, 0.3) is 11.3 Å². The van der Waals surface area contributed by atoms with Crippen LogP contribution < -0.4 is 10.9 Å². The Bertz CT molecular complexity index is 957. The molecule has 5 nitrogen and oxygen atoms in total. The third-order valence-corrected chi connectivity index (χ3v) is 4.51. The van der Waals surface area contributed by atoms with E-state index in [4.69, 9.17) is 39.2 Å². The van der Waals surface area contributed by atoms with Gasteiger partial charge < -0.3 is 14.8 Å². The number of halogens is 3. The number of aliphatic hydroxyl groups is 1. The van der Waals surface area contributed by atoms with E-state index in [0.717, 1.165) is 0 Å². The zero-order valence-electron chi connectivity index (χ0n) is 13.2. The number of hydrogen-bond donors (Lipinski definition) is 2. The summed E-state index contributed by atoms with van der Waals surface area (Å²) in [7, 11) is 0. The molecule has 0 saturated heterocycles. The number of hydrogen-bond acceptors (Lipinski definition) is 5. The molecule has 0 spiro atoms. The molecule has 0 amide bonds. The molecule has 0 aliphatic rings. The summed E-state index contributed by atoms with van der Waals surface area (Å²) in [5.74, 6) is -0.127. The minimum atomic E-state index is -0.825. The Labute approximate surface area is 164 Å². The third kappa shape index (κ3) is 4.02. The lowest BCUT2D eigenvalue weighted by Crippen LogP contribution is -2.19. The molecule has 2 N–H and O–H groups in total. The minimum Gasteiger partial charge on any atom is -0.417 e. The van der Waals surface area contributed by atoms with Crippen LogP contribution in [0.2, 0.25) is 15.2 Å². The van der Waals surface area contributed by atoms with Gasteiger partial charge in [-0.3, -0.25) is 0 Å². The molecular weight excluding hydrogens is 399 g/mol. The number of nitrogens with zero attached hydrogens (tertiary/aromatic N) is 1. The maximum atomic E-state index is 12.2. The highest BCUT2D eigenvalue weighted by Crippen LogP contribution is 2.37. The normalized spacial score (nSPS) is 12.0. The standard InChI is InChI=1S/C18H13Cl3N2O3/c19-11-7-4-8-12(20)14(11)15-16(21)23-17(18(25)26-15)22-9-13(24)10-5-2-1-3-6-10/h1-8,13,24H,9H2,(H,22,23). The minimum absolute atomic E-state index is 0.0126. The number of aromatic nitrogens is 1. The van der Waals surface area contributed by atoms with Gasteiger partial charge in [-0.1, -0.05) is 71.2 Å². The van der Waals surface area contributed by atoms with Crippen LogP contribution >= 0.6 is 34.8 Å². The van der Waals surface area contributed by atoms with E-state index < -0.39 is 11.7 Å². The van der Waals surface area contributed by atoms with Crippen LogP contribution in [-0.2, 0) is 0 Å². The molecule has 0 radical (unpaired) electrons. The summed E-state index contributed by atoms with van der Waals surface area (Å²) in [5.41, 5.74) is 0.247. The molecule has 8 heteroatoms. The highest BCUT2D eigenvalue weighted by molar-refractivity contribution is 6.40. The number of benzene rings is 2. The number of rotatable bonds is 5. The highest BCUT2D eigenvalue weighted by atomic mass is 35.5. The van der Waals surface area contributed by atoms with Crippen molar-refractivity contribution in [2.75, 3.05) is 11.9 Å². The molecular formula is C18H13Cl3N2O3. The monoisotopic (exact) mass is 410 g/mol. The topological polar surface area (TPSA) is 75.4 Å². The van der Waals surface area contributed by atoms with Gasteiger partial charge in [-0.2, -0.15) is 0 Å². The Kier molecular flexibility index (Phi) is 5.84. The maximum absolute atomic E-state index is 12.2. The second-order valence-electron chi connectivity index (χ2n) is 5.37. The van der Waals surface area contributed by atoms with E-state index in [2.05, 4.69) is 10.3 Å². The molecule has 1 heterocycles. The molecule has 0 saturated carbocycles. The molecule has 1 atom stereocenters. The molecule has 2 aromatic carbocycles. The van der Waals surface area contributed by atoms with Gasteiger partial charge in [-0.15, -0.1) is 0 Å². The Balaban J connectivity index is 1.85. The van der Waals surface area contributed by atoms with Crippen molar-refractivity contribution in [3.8, 4) is 11.3 Å². The number of nitrogens with one attached hydrogen (secondary N) is 1. The Hall–Kier alpha value is -2.05. The molecule has 26 heavy (non-hydrogen) atoms. The fourth-order valence-corrected chi connectivity index (χ4v) is 3.13. The average molecular weight is 412 g/mol. The van der Waals surface area contributed by atoms with Gasteiger partial charge in [0.1, 0.15) is 0 Å². The van der Waals surface area contributed by atoms with Crippen LogP contribution in [0.1, 0.15) is 11.7 Å². The zero-order chi connectivity index (χ0) is 18.7. The number of aliphatic hydroxyl groups excluding tert-OH is 1. The SMILES string of the molecule is O=c1oc(-c2c(Cl)cccc2Cl)c(Cl)nc1NCC(O)c1ccccc1. The van der Waals surface area contributed by atoms with E-state index in [1.165, 1.54) is 0 Å². The predicted molar refractivity (Wildman–Crippen MR) is 103 cm³/mol. The first-order chi connectivity index (χ1) is 12.5. The van der Waals surface area contributed by atoms with Crippen LogP contribution in [0, 0.1) is 0 Å². The van der Waals surface area contributed by atoms with Gasteiger partial charge >= 0.3 is 5.63 Å². The van der Waals surface area contributed by atoms with Crippen molar-refractivity contribution in [3.05, 3.63) is 79.7 Å². The molecule has 3 aromatic rings. The largest absolute Gasteiger partial charge is 0.417 e. The predicted octanol–water partition coefficient (Wildman–Crippen LogP) is 4.81. The van der Waals surface area contributed by atoms with Gasteiger partial charge in [0.15, 0.2) is 10.9 Å². The van der Waals surface area contributed by atoms with Crippen LogP contribution in [0.3, 0.4) is 0 Å². The fourth-order valence-electron chi connectivity index (χ4n) is 2.34. The maximum Gasteiger partial charge on any atom is 0.379 e. The van der Waals surface area contributed by atoms with E-state index in [1.807, 2.05) is 18.2 Å². The molecule has 0 aliphatic heterocycles. The molecule has 0 bridgehead atoms. The lowest BCUT2D eigenvalue weighted by molar-refractivity contribution is 0.191. The summed E-state index contributed by atoms with van der Waals surface area (Å²) in [4.78, 5) is 16.2. The van der Waals surface area contributed by atoms with Gasteiger partial charge in [0.25, 0.3) is 0 Å². The van der Waals surface area contributed by atoms with Gasteiger partial charge in [-0.05, 0) is 17.7 Å². The smallest absolute Gasteiger partial charge is 0.379 e. The van der Waals surface area contributed by atoms with Crippen molar-refractivity contribution in [1.29, 1.82) is 0 Å². The quantitative estimate of drug-likeness (QED) is 0.630. The molecule has 0 aliphatic carbocycles. The molecule has 1 aromatic heterocycles. The van der Waals surface area contributed by atoms with E-state index >= 15 is 0 Å². The Morgan fingerprint density at radius 1 is 1.04 bits per heavy atom. The summed E-state index contributed by atoms with van der Waals surface area (Å²) in [6, 6.07) is 13.9. The summed E-state index contributed by atoms with van der Waals surface area (Å²) >= 11 is 18.4. The molecule has 1 unspecified atom stereocenters. The lowest BCUT2D eigenvalue weighted by atomic mass is 10.1. The highest BCUT2D eigenvalue weighted by Gasteiger charge is 2.19. The van der Waals surface area contributed by atoms with Crippen molar-refractivity contribution >= 4 is 40.6 Å². The fraction of sp³-hybridized carbons (Fsp3) is 0.111. The van der Waals surface area contributed by atoms with E-state index in [0.29, 0.717) is 11.1 Å². The summed E-state index contributed by atoms with van der Waals surface area (Å²) in [5, 5.41) is 13.4. The van der Waals surface area contributed by atoms with Crippen molar-refractivity contribution in [2.24, 2.45) is 0 Å². The first-order valence-electron chi connectivity index (χ1n) is 7.59. The zero-order valence-corrected chi connectivity index (χ0v) is 15.5. The first kappa shape index (κ1) is 18.7. The van der Waals surface area contributed by atoms with Gasteiger partial charge in [0, 0.05) is 6.54 Å². The second-order valence-corrected chi connectivity index (χ2v) is 6.55. The van der Waals surface area contributed by atoms with Crippen molar-refractivity contribution in [3.63, 3.8) is 0 Å². The Morgan fingerprint density at radius 2 is 1.69 bits per heavy atom. The Morgan fingerprint density at radius 3 is 2.35 bits per heavy atom. The molecule has 3 rings (SSSR count). The van der Waals surface area contributed by atoms with E-state index in [9.17, 15) is 9.90 Å². The molecule has 134 valence electrons.